The van der Waals surface area contributed by atoms with Crippen LogP contribution >= 0.6 is 11.8 Å². The molecule has 0 spiro atoms. The molecule has 0 aromatic heterocycles. The monoisotopic (exact) mass is 387 g/mol. The highest BCUT2D eigenvalue weighted by molar-refractivity contribution is 8.02. The molecule has 7 heteroatoms. The zero-order valence-electron chi connectivity index (χ0n) is 14.6. The average Bonchev–Trinajstić information content (AvgIpc) is 2.93. The molecule has 1 heterocycles. The first-order valence-corrected chi connectivity index (χ1v) is 11.6. The van der Waals surface area contributed by atoms with Crippen LogP contribution in [0.25, 0.3) is 0 Å². The van der Waals surface area contributed by atoms with Crippen LogP contribution < -0.4 is 0 Å². The third-order valence-corrected chi connectivity index (χ3v) is 7.57. The zero-order valence-corrected chi connectivity index (χ0v) is 16.3. The van der Waals surface area contributed by atoms with E-state index in [2.05, 4.69) is 6.92 Å². The van der Waals surface area contributed by atoms with Gasteiger partial charge in [0.05, 0.1) is 17.3 Å². The summed E-state index contributed by atoms with van der Waals surface area (Å²) in [6, 6.07) is 6.21. The molecule has 1 saturated heterocycles. The molecule has 1 aromatic carbocycles. The van der Waals surface area contributed by atoms with Crippen molar-refractivity contribution in [3.63, 3.8) is 0 Å². The summed E-state index contributed by atoms with van der Waals surface area (Å²) in [4.78, 5) is 14.4. The number of unbranched alkanes of at least 4 members (excludes halogenated alkanes) is 2. The largest absolute Gasteiger partial charge is 0.338 e. The Morgan fingerprint density at radius 3 is 2.60 bits per heavy atom. The van der Waals surface area contributed by atoms with Crippen LogP contribution in [0.5, 0.6) is 0 Å². The van der Waals surface area contributed by atoms with E-state index < -0.39 is 9.84 Å². The van der Waals surface area contributed by atoms with Gasteiger partial charge in [-0.15, -0.1) is 11.8 Å². The maximum atomic E-state index is 13.1. The number of thioether (sulfide) groups is 1. The fraction of sp³-hybridized carbons (Fsp3) is 0.611. The van der Waals surface area contributed by atoms with Crippen LogP contribution in [0.4, 0.5) is 4.39 Å². The Kier molecular flexibility index (Phi) is 7.75. The second kappa shape index (κ2) is 9.57. The lowest BCUT2D eigenvalue weighted by Crippen LogP contribution is -2.33. The highest BCUT2D eigenvalue weighted by Crippen LogP contribution is 2.24. The number of benzene rings is 1. The first-order chi connectivity index (χ1) is 11.9. The number of halogens is 1. The van der Waals surface area contributed by atoms with Crippen LogP contribution in [-0.4, -0.2) is 48.3 Å². The van der Waals surface area contributed by atoms with E-state index in [0.29, 0.717) is 25.3 Å². The van der Waals surface area contributed by atoms with Crippen molar-refractivity contribution in [2.24, 2.45) is 0 Å². The van der Waals surface area contributed by atoms with Gasteiger partial charge in [0.1, 0.15) is 5.82 Å². The molecule has 0 bridgehead atoms. The average molecular weight is 388 g/mol. The number of nitrogens with zero attached hydrogens (tertiary/aromatic N) is 1. The molecular formula is C18H26FNO3S2. The summed E-state index contributed by atoms with van der Waals surface area (Å²) in [6.07, 6.45) is 3.70. The molecule has 1 aliphatic heterocycles. The van der Waals surface area contributed by atoms with Crippen LogP contribution in [0.2, 0.25) is 0 Å². The lowest BCUT2D eigenvalue weighted by Gasteiger charge is -2.23. The first-order valence-electron chi connectivity index (χ1n) is 8.74. The number of carbonyl (C=O) groups is 1. The summed E-state index contributed by atoms with van der Waals surface area (Å²) < 4.78 is 36.1. The van der Waals surface area contributed by atoms with E-state index in [-0.39, 0.29) is 28.5 Å². The van der Waals surface area contributed by atoms with Gasteiger partial charge in [-0.1, -0.05) is 31.9 Å². The molecule has 1 atom stereocenters. The lowest BCUT2D eigenvalue weighted by atomic mass is 10.2. The quantitative estimate of drug-likeness (QED) is 0.610. The molecule has 0 aliphatic carbocycles. The molecule has 0 radical (unpaired) electrons. The number of amides is 1. The van der Waals surface area contributed by atoms with Crippen LogP contribution in [0.3, 0.4) is 0 Å². The Morgan fingerprint density at radius 1 is 1.28 bits per heavy atom. The zero-order chi connectivity index (χ0) is 18.3. The van der Waals surface area contributed by atoms with Gasteiger partial charge in [-0.25, -0.2) is 12.8 Å². The van der Waals surface area contributed by atoms with Gasteiger partial charge >= 0.3 is 0 Å². The molecule has 0 saturated carbocycles. The van der Waals surface area contributed by atoms with Crippen LogP contribution in [-0.2, 0) is 21.2 Å². The molecule has 0 N–H and O–H groups in total. The fourth-order valence-electron chi connectivity index (χ4n) is 2.83. The third kappa shape index (κ3) is 6.98. The minimum atomic E-state index is -2.92. The van der Waals surface area contributed by atoms with Gasteiger partial charge < -0.3 is 4.90 Å². The fourth-order valence-corrected chi connectivity index (χ4v) is 6.37. The summed E-state index contributed by atoms with van der Waals surface area (Å²) in [5.74, 6) is 0.446. The SMILES string of the molecule is CCCCCN(Cc1ccc(F)cc1)C(=O)CSC1CCS(=O)(=O)C1. The van der Waals surface area contributed by atoms with E-state index in [1.165, 1.54) is 23.9 Å². The van der Waals surface area contributed by atoms with Gasteiger partial charge in [-0.05, 0) is 30.5 Å². The maximum absolute atomic E-state index is 13.1. The molecule has 2 rings (SSSR count). The highest BCUT2D eigenvalue weighted by atomic mass is 32.2. The number of hydrogen-bond acceptors (Lipinski definition) is 4. The molecule has 4 nitrogen and oxygen atoms in total. The molecule has 1 aromatic rings. The molecule has 1 amide bonds. The number of sulfone groups is 1. The Bertz CT molecular complexity index is 661. The second-order valence-corrected chi connectivity index (χ2v) is 10.0. The summed E-state index contributed by atoms with van der Waals surface area (Å²) in [5.41, 5.74) is 0.902. The second-order valence-electron chi connectivity index (χ2n) is 6.48. The van der Waals surface area contributed by atoms with Crippen LogP contribution in [0.1, 0.15) is 38.2 Å². The van der Waals surface area contributed by atoms with Gasteiger partial charge in [0, 0.05) is 18.3 Å². The summed E-state index contributed by atoms with van der Waals surface area (Å²) in [7, 11) is -2.92. The summed E-state index contributed by atoms with van der Waals surface area (Å²) in [5, 5.41) is 0.0252. The molecule has 140 valence electrons. The van der Waals surface area contributed by atoms with E-state index in [4.69, 9.17) is 0 Å². The minimum Gasteiger partial charge on any atom is -0.338 e. The van der Waals surface area contributed by atoms with Gasteiger partial charge in [-0.2, -0.15) is 0 Å². The van der Waals surface area contributed by atoms with Gasteiger partial charge in [0.15, 0.2) is 9.84 Å². The van der Waals surface area contributed by atoms with Crippen molar-refractivity contribution in [1.29, 1.82) is 0 Å². The van der Waals surface area contributed by atoms with E-state index in [1.807, 2.05) is 0 Å². The van der Waals surface area contributed by atoms with Crippen molar-refractivity contribution in [2.75, 3.05) is 23.8 Å². The Balaban J connectivity index is 1.91. The molecule has 25 heavy (non-hydrogen) atoms. The Hall–Kier alpha value is -1.08. The molecule has 1 aliphatic rings. The maximum Gasteiger partial charge on any atom is 0.232 e. The highest BCUT2D eigenvalue weighted by Gasteiger charge is 2.29. The minimum absolute atomic E-state index is 0.0229. The van der Waals surface area contributed by atoms with E-state index in [9.17, 15) is 17.6 Å². The van der Waals surface area contributed by atoms with Gasteiger partial charge in [-0.3, -0.25) is 4.79 Å². The normalized spacial score (nSPS) is 19.0. The Labute approximate surface area is 154 Å². The number of carbonyl (C=O) groups excluding carboxylic acids is 1. The molecule has 1 fully saturated rings. The lowest BCUT2D eigenvalue weighted by molar-refractivity contribution is -0.129. The van der Waals surface area contributed by atoms with E-state index in [1.54, 1.807) is 17.0 Å². The van der Waals surface area contributed by atoms with Crippen molar-refractivity contribution in [3.05, 3.63) is 35.6 Å². The molecular weight excluding hydrogens is 361 g/mol. The predicted molar refractivity (Wildman–Crippen MR) is 101 cm³/mol. The first kappa shape index (κ1) is 20.2. The van der Waals surface area contributed by atoms with Gasteiger partial charge in [0.25, 0.3) is 0 Å². The Morgan fingerprint density at radius 2 is 2.00 bits per heavy atom. The van der Waals surface area contributed by atoms with E-state index >= 15 is 0 Å². The van der Waals surface area contributed by atoms with Crippen molar-refractivity contribution < 1.29 is 17.6 Å². The third-order valence-electron chi connectivity index (χ3n) is 4.30. The smallest absolute Gasteiger partial charge is 0.232 e. The number of hydrogen-bond donors (Lipinski definition) is 0. The summed E-state index contributed by atoms with van der Waals surface area (Å²) in [6.45, 7) is 3.25. The topological polar surface area (TPSA) is 54.5 Å². The molecule has 1 unspecified atom stereocenters. The predicted octanol–water partition coefficient (Wildman–Crippen LogP) is 3.26. The van der Waals surface area contributed by atoms with Crippen LogP contribution in [0, 0.1) is 5.82 Å². The van der Waals surface area contributed by atoms with Crippen molar-refractivity contribution >= 4 is 27.5 Å². The summed E-state index contributed by atoms with van der Waals surface area (Å²) >= 11 is 1.44. The van der Waals surface area contributed by atoms with Crippen molar-refractivity contribution in [1.82, 2.24) is 4.90 Å². The van der Waals surface area contributed by atoms with Gasteiger partial charge in [0.2, 0.25) is 5.91 Å². The number of rotatable bonds is 9. The van der Waals surface area contributed by atoms with Crippen molar-refractivity contribution in [2.45, 2.75) is 44.4 Å². The van der Waals surface area contributed by atoms with Crippen molar-refractivity contribution in [3.8, 4) is 0 Å². The van der Waals surface area contributed by atoms with Crippen LogP contribution in [0.15, 0.2) is 24.3 Å². The van der Waals surface area contributed by atoms with E-state index in [0.717, 1.165) is 24.8 Å². The standard InChI is InChI=1S/C18H26FNO3S2/c1-2-3-4-10-20(12-15-5-7-16(19)8-6-15)18(21)13-24-17-9-11-25(22,23)14-17/h5-8,17H,2-4,9-14H2,1H3.